The molecule has 3 aromatic heterocycles. The number of fused-ring (bicyclic) bond motifs is 4. The molecule has 194 valence electrons. The Labute approximate surface area is 239 Å². The van der Waals surface area contributed by atoms with Crippen LogP contribution in [-0.4, -0.2) is 14.5 Å². The highest BCUT2D eigenvalue weighted by molar-refractivity contribution is 6.38. The lowest BCUT2D eigenvalue weighted by Gasteiger charge is -2.11. The van der Waals surface area contributed by atoms with Crippen LogP contribution in [0.5, 0.6) is 0 Å². The second kappa shape index (κ2) is 7.93. The average molecular weight is 536 g/mol. The molecule has 0 radical (unpaired) electrons. The molecule has 0 aliphatic rings. The van der Waals surface area contributed by atoms with Gasteiger partial charge in [0.05, 0.1) is 22.2 Å². The highest BCUT2D eigenvalue weighted by Gasteiger charge is 2.24. The van der Waals surface area contributed by atoms with Gasteiger partial charge in [-0.05, 0) is 51.9 Å². The molecule has 42 heavy (non-hydrogen) atoms. The second-order valence-electron chi connectivity index (χ2n) is 10.9. The van der Waals surface area contributed by atoms with Gasteiger partial charge in [-0.25, -0.2) is 9.97 Å². The molecule has 3 heterocycles. The van der Waals surface area contributed by atoms with Crippen molar-refractivity contribution in [1.29, 1.82) is 0 Å². The SMILES string of the molecule is c1ccc(-c2nc(-n3c4cccc5c6ccccc6c6cccc7oc8ccc3c(c8c76)c54)nc3ccccc23)cc1. The van der Waals surface area contributed by atoms with E-state index >= 15 is 0 Å². The Morgan fingerprint density at radius 3 is 1.90 bits per heavy atom. The van der Waals surface area contributed by atoms with Crippen LogP contribution in [0.3, 0.4) is 0 Å². The third-order valence-corrected chi connectivity index (χ3v) is 8.76. The van der Waals surface area contributed by atoms with E-state index < -0.39 is 0 Å². The molecule has 0 amide bonds. The van der Waals surface area contributed by atoms with Crippen molar-refractivity contribution in [2.45, 2.75) is 0 Å². The van der Waals surface area contributed by atoms with Crippen LogP contribution in [0.25, 0.3) is 93.4 Å². The molecule has 4 nitrogen and oxygen atoms in total. The maximum atomic E-state index is 6.50. The monoisotopic (exact) mass is 535 g/mol. The van der Waals surface area contributed by atoms with Crippen LogP contribution < -0.4 is 0 Å². The van der Waals surface area contributed by atoms with Gasteiger partial charge in [-0.1, -0.05) is 97.1 Å². The molecule has 10 rings (SSSR count). The summed E-state index contributed by atoms with van der Waals surface area (Å²) in [4.78, 5) is 10.5. The fraction of sp³-hybridized carbons (Fsp3) is 0. The van der Waals surface area contributed by atoms with Crippen LogP contribution in [0, 0.1) is 0 Å². The van der Waals surface area contributed by atoms with Crippen molar-refractivity contribution in [1.82, 2.24) is 14.5 Å². The van der Waals surface area contributed by atoms with E-state index in [1.807, 2.05) is 12.1 Å². The molecule has 0 fully saturated rings. The van der Waals surface area contributed by atoms with Crippen molar-refractivity contribution in [3.63, 3.8) is 0 Å². The van der Waals surface area contributed by atoms with Crippen LogP contribution in [0.1, 0.15) is 0 Å². The topological polar surface area (TPSA) is 43.9 Å². The Bertz CT molecular complexity index is 2680. The number of nitrogens with zero attached hydrogens (tertiary/aromatic N) is 3. The van der Waals surface area contributed by atoms with Gasteiger partial charge in [0.1, 0.15) is 11.2 Å². The zero-order valence-corrected chi connectivity index (χ0v) is 22.4. The van der Waals surface area contributed by atoms with E-state index in [-0.39, 0.29) is 0 Å². The minimum Gasteiger partial charge on any atom is -0.456 e. The van der Waals surface area contributed by atoms with Gasteiger partial charge in [0.25, 0.3) is 0 Å². The predicted octanol–water partition coefficient (Wildman–Crippen LogP) is 10.0. The van der Waals surface area contributed by atoms with E-state index in [1.54, 1.807) is 0 Å². The summed E-state index contributed by atoms with van der Waals surface area (Å²) in [6.45, 7) is 0. The summed E-state index contributed by atoms with van der Waals surface area (Å²) in [5.74, 6) is 0.657. The van der Waals surface area contributed by atoms with Crippen molar-refractivity contribution in [3.8, 4) is 17.2 Å². The normalized spacial score (nSPS) is 12.3. The Kier molecular flexibility index (Phi) is 4.15. The van der Waals surface area contributed by atoms with Crippen molar-refractivity contribution >= 4 is 76.2 Å². The number of rotatable bonds is 2. The summed E-state index contributed by atoms with van der Waals surface area (Å²) in [6.07, 6.45) is 0. The summed E-state index contributed by atoms with van der Waals surface area (Å²) in [5, 5.41) is 10.5. The Balaban J connectivity index is 1.47. The lowest BCUT2D eigenvalue weighted by molar-refractivity contribution is 0.669. The smallest absolute Gasteiger partial charge is 0.235 e. The van der Waals surface area contributed by atoms with E-state index in [0.717, 1.165) is 55.1 Å². The van der Waals surface area contributed by atoms with Gasteiger partial charge in [0.2, 0.25) is 5.95 Å². The largest absolute Gasteiger partial charge is 0.456 e. The summed E-state index contributed by atoms with van der Waals surface area (Å²) < 4.78 is 8.74. The third-order valence-electron chi connectivity index (χ3n) is 8.76. The van der Waals surface area contributed by atoms with Crippen LogP contribution in [0.4, 0.5) is 0 Å². The molecule has 0 N–H and O–H groups in total. The number of para-hydroxylation sites is 1. The fourth-order valence-electron chi connectivity index (χ4n) is 7.05. The summed E-state index contributed by atoms with van der Waals surface area (Å²) >= 11 is 0. The molecule has 0 spiro atoms. The first-order valence-electron chi connectivity index (χ1n) is 14.2. The highest BCUT2D eigenvalue weighted by Crippen LogP contribution is 2.46. The molecule has 0 saturated heterocycles. The number of hydrogen-bond donors (Lipinski definition) is 0. The summed E-state index contributed by atoms with van der Waals surface area (Å²) in [6, 6.07) is 44.6. The molecule has 7 aromatic carbocycles. The number of aromatic nitrogens is 3. The highest BCUT2D eigenvalue weighted by atomic mass is 16.3. The van der Waals surface area contributed by atoms with E-state index in [2.05, 4.69) is 120 Å². The molecular formula is C38H21N3O. The molecular weight excluding hydrogens is 514 g/mol. The van der Waals surface area contributed by atoms with Gasteiger partial charge in [-0.2, -0.15) is 0 Å². The van der Waals surface area contributed by atoms with Crippen molar-refractivity contribution in [3.05, 3.63) is 127 Å². The van der Waals surface area contributed by atoms with E-state index in [0.29, 0.717) is 5.95 Å². The third kappa shape index (κ3) is 2.76. The maximum absolute atomic E-state index is 6.50. The minimum atomic E-state index is 0.657. The molecule has 0 saturated carbocycles. The lowest BCUT2D eigenvalue weighted by Crippen LogP contribution is -2.03. The zero-order valence-electron chi connectivity index (χ0n) is 22.4. The van der Waals surface area contributed by atoms with Gasteiger partial charge < -0.3 is 4.42 Å². The second-order valence-corrected chi connectivity index (χ2v) is 10.9. The first kappa shape index (κ1) is 22.0. The number of hydrogen-bond acceptors (Lipinski definition) is 3. The van der Waals surface area contributed by atoms with Gasteiger partial charge in [-0.3, -0.25) is 4.57 Å². The standard InChI is InChI=1S/C38H21N3O/c1-2-10-22(11-3-1)37-27-14-6-7-17-28(27)39-38(40-37)41-29-18-8-15-25-23-12-4-5-13-24(23)26-16-9-19-31-34(26)36-32(42-31)21-20-30(41)35(36)33(25)29/h1-21H. The van der Waals surface area contributed by atoms with Crippen LogP contribution in [-0.2, 0) is 0 Å². The summed E-state index contributed by atoms with van der Waals surface area (Å²) in [7, 11) is 0. The Morgan fingerprint density at radius 2 is 1.07 bits per heavy atom. The Hall–Kier alpha value is -5.74. The first-order chi connectivity index (χ1) is 20.8. The number of benzene rings is 6. The number of furan rings is 1. The van der Waals surface area contributed by atoms with E-state index in [9.17, 15) is 0 Å². The van der Waals surface area contributed by atoms with Crippen molar-refractivity contribution < 1.29 is 4.42 Å². The molecule has 0 atom stereocenters. The molecule has 10 aromatic rings. The lowest BCUT2D eigenvalue weighted by atomic mass is 9.95. The molecule has 4 heteroatoms. The average Bonchev–Trinajstić information content (AvgIpc) is 3.60. The molecule has 0 unspecified atom stereocenters. The molecule has 0 bridgehead atoms. The van der Waals surface area contributed by atoms with Crippen LogP contribution in [0.2, 0.25) is 0 Å². The van der Waals surface area contributed by atoms with Crippen molar-refractivity contribution in [2.75, 3.05) is 0 Å². The Morgan fingerprint density at radius 1 is 0.429 bits per heavy atom. The van der Waals surface area contributed by atoms with E-state index in [1.165, 1.54) is 32.3 Å². The van der Waals surface area contributed by atoms with Gasteiger partial charge in [-0.15, -0.1) is 0 Å². The van der Waals surface area contributed by atoms with Crippen LogP contribution in [0.15, 0.2) is 132 Å². The maximum Gasteiger partial charge on any atom is 0.235 e. The predicted molar refractivity (Wildman–Crippen MR) is 173 cm³/mol. The van der Waals surface area contributed by atoms with E-state index in [4.69, 9.17) is 14.4 Å². The minimum absolute atomic E-state index is 0.657. The van der Waals surface area contributed by atoms with Gasteiger partial charge in [0.15, 0.2) is 0 Å². The molecule has 0 aliphatic carbocycles. The summed E-state index contributed by atoms with van der Waals surface area (Å²) in [5.41, 5.74) is 6.84. The zero-order chi connectivity index (χ0) is 27.4. The first-order valence-corrected chi connectivity index (χ1v) is 14.2. The quantitative estimate of drug-likeness (QED) is 0.221. The van der Waals surface area contributed by atoms with Gasteiger partial charge in [0, 0.05) is 32.5 Å². The van der Waals surface area contributed by atoms with Gasteiger partial charge >= 0.3 is 0 Å². The molecule has 0 aliphatic heterocycles. The van der Waals surface area contributed by atoms with Crippen LogP contribution >= 0.6 is 0 Å². The van der Waals surface area contributed by atoms with Crippen molar-refractivity contribution in [2.24, 2.45) is 0 Å². The fourth-order valence-corrected chi connectivity index (χ4v) is 7.05.